The molecule has 2 aromatic carbocycles. The van der Waals surface area contributed by atoms with Gasteiger partial charge in [0, 0.05) is 35.2 Å². The first-order chi connectivity index (χ1) is 14.9. The van der Waals surface area contributed by atoms with Gasteiger partial charge in [0.2, 0.25) is 5.91 Å². The van der Waals surface area contributed by atoms with Crippen molar-refractivity contribution in [2.24, 2.45) is 10.9 Å². The van der Waals surface area contributed by atoms with Crippen LogP contribution in [0.15, 0.2) is 41.4 Å². The molecule has 2 unspecified atom stereocenters. The highest BCUT2D eigenvalue weighted by atomic mass is 16.5. The number of carbonyl (C=O) groups excluding carboxylic acids is 1. The summed E-state index contributed by atoms with van der Waals surface area (Å²) in [6.45, 7) is 5.79. The number of amides is 1. The Hall–Kier alpha value is -2.86. The first-order valence-electron chi connectivity index (χ1n) is 10.8. The third-order valence-corrected chi connectivity index (χ3v) is 6.23. The van der Waals surface area contributed by atoms with Crippen molar-refractivity contribution in [1.82, 2.24) is 4.90 Å². The molecule has 1 fully saturated rings. The van der Waals surface area contributed by atoms with Crippen LogP contribution in [0.4, 0.5) is 5.69 Å². The van der Waals surface area contributed by atoms with Crippen molar-refractivity contribution in [1.29, 1.82) is 0 Å². The van der Waals surface area contributed by atoms with Crippen LogP contribution >= 0.6 is 0 Å². The number of hydrogen-bond acceptors (Lipinski definition) is 5. The zero-order chi connectivity index (χ0) is 22.1. The number of piperidine rings is 1. The second-order valence-electron chi connectivity index (χ2n) is 8.72. The lowest BCUT2D eigenvalue weighted by Crippen LogP contribution is -2.41. The number of fused-ring (bicyclic) bond motifs is 3. The molecule has 2 aliphatic heterocycles. The van der Waals surface area contributed by atoms with Crippen molar-refractivity contribution >= 4 is 17.3 Å². The molecule has 1 N–H and O–H groups in total. The molecule has 2 aliphatic rings. The molecule has 2 atom stereocenters. The summed E-state index contributed by atoms with van der Waals surface area (Å²) in [5.41, 5.74) is 5.16. The number of hydrogen-bond donors (Lipinski definition) is 1. The normalized spacial score (nSPS) is 20.5. The Morgan fingerprint density at radius 1 is 1.13 bits per heavy atom. The Morgan fingerprint density at radius 3 is 2.45 bits per heavy atom. The van der Waals surface area contributed by atoms with Gasteiger partial charge in [-0.2, -0.15) is 0 Å². The number of aliphatic imine (C=N–C) groups is 1. The third kappa shape index (κ3) is 4.17. The summed E-state index contributed by atoms with van der Waals surface area (Å²) in [4.78, 5) is 19.6. The monoisotopic (exact) mass is 421 g/mol. The highest BCUT2D eigenvalue weighted by Gasteiger charge is 2.36. The van der Waals surface area contributed by atoms with E-state index in [0.29, 0.717) is 11.7 Å². The number of nitrogens with one attached hydrogen (secondary N) is 1. The average Bonchev–Trinajstić information content (AvgIpc) is 2.78. The van der Waals surface area contributed by atoms with Gasteiger partial charge in [-0.05, 0) is 49.8 Å². The molecular formula is C25H31N3O3. The fraction of sp³-hybridized carbons (Fsp3) is 0.440. The molecule has 0 saturated carbocycles. The smallest absolute Gasteiger partial charge is 0.226 e. The number of nitrogens with zero attached hydrogens (tertiary/aromatic N) is 2. The van der Waals surface area contributed by atoms with Crippen LogP contribution in [0, 0.1) is 5.92 Å². The Morgan fingerprint density at radius 2 is 1.81 bits per heavy atom. The van der Waals surface area contributed by atoms with Crippen LogP contribution in [0.25, 0.3) is 0 Å². The minimum absolute atomic E-state index is 0.0131. The Balaban J connectivity index is 1.75. The summed E-state index contributed by atoms with van der Waals surface area (Å²) in [6, 6.07) is 12.4. The highest BCUT2D eigenvalue weighted by molar-refractivity contribution is 6.15. The third-order valence-electron chi connectivity index (χ3n) is 6.23. The zero-order valence-corrected chi connectivity index (χ0v) is 18.9. The van der Waals surface area contributed by atoms with Crippen LogP contribution in [-0.4, -0.2) is 56.9 Å². The summed E-state index contributed by atoms with van der Waals surface area (Å²) in [6.07, 6.45) is 1.03. The van der Waals surface area contributed by atoms with Crippen molar-refractivity contribution in [3.63, 3.8) is 0 Å². The predicted molar refractivity (Wildman–Crippen MR) is 124 cm³/mol. The van der Waals surface area contributed by atoms with E-state index in [9.17, 15) is 4.79 Å². The standard InChI is InChI=1S/C25H31N3O3/c1-15(2)25(29)26-17-8-6-16(7-9-17)24-19-13-23(31-5)22(30-4)12-18(19)20-14-28(3)11-10-21(20)27-24/h6-9,12-13,15,20-21H,10-11,14H2,1-5H3,(H,26,29). The maximum absolute atomic E-state index is 12.0. The minimum Gasteiger partial charge on any atom is -0.493 e. The lowest BCUT2D eigenvalue weighted by molar-refractivity contribution is -0.118. The van der Waals surface area contributed by atoms with Crippen molar-refractivity contribution in [2.45, 2.75) is 32.2 Å². The number of likely N-dealkylation sites (N-methyl/N-ethyl adjacent to an activating group) is 1. The Bertz CT molecular complexity index is 998. The van der Waals surface area contributed by atoms with E-state index in [1.807, 2.05) is 44.2 Å². The van der Waals surface area contributed by atoms with Crippen molar-refractivity contribution in [3.8, 4) is 11.5 Å². The zero-order valence-electron chi connectivity index (χ0n) is 18.9. The fourth-order valence-corrected chi connectivity index (χ4v) is 4.43. The first kappa shape index (κ1) is 21.4. The van der Waals surface area contributed by atoms with Gasteiger partial charge in [-0.15, -0.1) is 0 Å². The first-order valence-corrected chi connectivity index (χ1v) is 10.8. The Kier molecular flexibility index (Phi) is 6.01. The van der Waals surface area contributed by atoms with E-state index in [0.717, 1.165) is 47.8 Å². The summed E-state index contributed by atoms with van der Waals surface area (Å²) in [5, 5.41) is 2.95. The van der Waals surface area contributed by atoms with Gasteiger partial charge < -0.3 is 19.7 Å². The van der Waals surface area contributed by atoms with Crippen LogP contribution in [-0.2, 0) is 4.79 Å². The maximum atomic E-state index is 12.0. The van der Waals surface area contributed by atoms with Gasteiger partial charge in [-0.3, -0.25) is 9.79 Å². The van der Waals surface area contributed by atoms with Crippen LogP contribution in [0.5, 0.6) is 11.5 Å². The van der Waals surface area contributed by atoms with Crippen LogP contribution in [0.2, 0.25) is 0 Å². The van der Waals surface area contributed by atoms with Crippen molar-refractivity contribution < 1.29 is 14.3 Å². The van der Waals surface area contributed by atoms with E-state index in [-0.39, 0.29) is 17.9 Å². The summed E-state index contributed by atoms with van der Waals surface area (Å²) >= 11 is 0. The molecule has 4 rings (SSSR count). The highest BCUT2D eigenvalue weighted by Crippen LogP contribution is 2.42. The molecule has 0 aromatic heterocycles. The van der Waals surface area contributed by atoms with Gasteiger partial charge in [0.05, 0.1) is 26.0 Å². The van der Waals surface area contributed by atoms with E-state index in [4.69, 9.17) is 14.5 Å². The molecule has 164 valence electrons. The topological polar surface area (TPSA) is 63.2 Å². The lowest BCUT2D eigenvalue weighted by Gasteiger charge is -2.39. The number of carbonyl (C=O) groups is 1. The predicted octanol–water partition coefficient (Wildman–Crippen LogP) is 3.94. The largest absolute Gasteiger partial charge is 0.493 e. The van der Waals surface area contributed by atoms with E-state index >= 15 is 0 Å². The number of methoxy groups -OCH3 is 2. The average molecular weight is 422 g/mol. The molecule has 6 nitrogen and oxygen atoms in total. The molecule has 0 bridgehead atoms. The summed E-state index contributed by atoms with van der Waals surface area (Å²) in [5.74, 6) is 1.75. The van der Waals surface area contributed by atoms with Crippen LogP contribution in [0.3, 0.4) is 0 Å². The van der Waals surface area contributed by atoms with Gasteiger partial charge in [0.1, 0.15) is 0 Å². The second-order valence-corrected chi connectivity index (χ2v) is 8.72. The van der Waals surface area contributed by atoms with E-state index in [2.05, 4.69) is 23.3 Å². The van der Waals surface area contributed by atoms with Gasteiger partial charge in [0.15, 0.2) is 11.5 Å². The number of anilines is 1. The fourth-order valence-electron chi connectivity index (χ4n) is 4.43. The van der Waals surface area contributed by atoms with Crippen LogP contribution < -0.4 is 14.8 Å². The van der Waals surface area contributed by atoms with Gasteiger partial charge in [-0.1, -0.05) is 26.0 Å². The van der Waals surface area contributed by atoms with Crippen LogP contribution in [0.1, 0.15) is 42.9 Å². The molecule has 0 spiro atoms. The summed E-state index contributed by atoms with van der Waals surface area (Å²) < 4.78 is 11.2. The molecule has 2 heterocycles. The van der Waals surface area contributed by atoms with E-state index < -0.39 is 0 Å². The molecule has 31 heavy (non-hydrogen) atoms. The minimum atomic E-state index is -0.0573. The molecular weight excluding hydrogens is 390 g/mol. The van der Waals surface area contributed by atoms with Crippen molar-refractivity contribution in [3.05, 3.63) is 53.1 Å². The van der Waals surface area contributed by atoms with E-state index in [1.54, 1.807) is 14.2 Å². The number of benzene rings is 2. The Labute approximate surface area is 184 Å². The molecule has 1 amide bonds. The second kappa shape index (κ2) is 8.71. The quantitative estimate of drug-likeness (QED) is 0.794. The number of rotatable bonds is 5. The van der Waals surface area contributed by atoms with Gasteiger partial charge >= 0.3 is 0 Å². The molecule has 2 aromatic rings. The maximum Gasteiger partial charge on any atom is 0.226 e. The SMILES string of the molecule is COc1cc2c(cc1OC)C1CN(C)CCC1N=C2c1ccc(NC(=O)C(C)C)cc1. The lowest BCUT2D eigenvalue weighted by atomic mass is 9.79. The van der Waals surface area contributed by atoms with Gasteiger partial charge in [-0.25, -0.2) is 0 Å². The number of ether oxygens (including phenoxy) is 2. The van der Waals surface area contributed by atoms with Crippen molar-refractivity contribution in [2.75, 3.05) is 39.7 Å². The van der Waals surface area contributed by atoms with Gasteiger partial charge in [0.25, 0.3) is 0 Å². The number of likely N-dealkylation sites (tertiary alicyclic amines) is 1. The molecule has 0 aliphatic carbocycles. The molecule has 0 radical (unpaired) electrons. The van der Waals surface area contributed by atoms with E-state index in [1.165, 1.54) is 5.56 Å². The molecule has 6 heteroatoms. The molecule has 1 saturated heterocycles. The summed E-state index contributed by atoms with van der Waals surface area (Å²) in [7, 11) is 5.50.